The number of nitrogens with one attached hydrogen (secondary N) is 1. The molecule has 3 aliphatic rings. The van der Waals surface area contributed by atoms with Crippen molar-refractivity contribution in [2.45, 2.75) is 25.0 Å². The second-order valence-electron chi connectivity index (χ2n) is 9.39. The highest BCUT2D eigenvalue weighted by molar-refractivity contribution is 7.08. The lowest BCUT2D eigenvalue weighted by molar-refractivity contribution is -0.938. The first kappa shape index (κ1) is 22.7. The molecule has 1 aromatic heterocycles. The van der Waals surface area contributed by atoms with Crippen LogP contribution in [-0.2, 0) is 4.74 Å². The highest BCUT2D eigenvalue weighted by atomic mass is 32.1. The molecule has 176 valence electrons. The third kappa shape index (κ3) is 4.91. The first-order valence-corrected chi connectivity index (χ1v) is 12.6. The molecule has 3 aromatic rings. The molecule has 5 nitrogen and oxygen atoms in total. The van der Waals surface area contributed by atoms with Gasteiger partial charge in [0.25, 0.3) is 0 Å². The number of hydrogen-bond donors (Lipinski definition) is 1. The number of benzene rings is 2. The number of nitrogens with zero attached hydrogens (tertiary/aromatic N) is 1. The topological polar surface area (TPSA) is 55.4 Å². The molecule has 0 aliphatic carbocycles. The van der Waals surface area contributed by atoms with Crippen molar-refractivity contribution in [1.29, 1.82) is 0 Å². The van der Waals surface area contributed by atoms with Gasteiger partial charge in [-0.15, -0.1) is 0 Å². The fraction of sp³-hybridized carbons (Fsp3) is 0.333. The van der Waals surface area contributed by atoms with Crippen molar-refractivity contribution in [2.24, 2.45) is 5.92 Å². The van der Waals surface area contributed by atoms with E-state index in [1.54, 1.807) is 12.1 Å². The van der Waals surface area contributed by atoms with E-state index in [2.05, 4.69) is 5.32 Å². The molecule has 1 amide bonds. The van der Waals surface area contributed by atoms with Crippen molar-refractivity contribution in [1.82, 2.24) is 5.32 Å². The molecule has 2 aromatic carbocycles. The smallest absolute Gasteiger partial charge is 0.408 e. The minimum atomic E-state index is -0.508. The zero-order valence-electron chi connectivity index (χ0n) is 18.9. The lowest BCUT2D eigenvalue weighted by Gasteiger charge is -2.51. The second-order valence-corrected chi connectivity index (χ2v) is 10.2. The number of quaternary nitrogens is 1. The number of piperidine rings is 3. The summed E-state index contributed by atoms with van der Waals surface area (Å²) in [6.45, 7) is 2.95. The van der Waals surface area contributed by atoms with Gasteiger partial charge >= 0.3 is 6.09 Å². The molecule has 4 heterocycles. The molecule has 0 saturated carbocycles. The fourth-order valence-corrected chi connectivity index (χ4v) is 6.06. The van der Waals surface area contributed by atoms with Crippen LogP contribution in [0.5, 0.6) is 0 Å². The van der Waals surface area contributed by atoms with Crippen LogP contribution >= 0.6 is 11.3 Å². The van der Waals surface area contributed by atoms with E-state index in [1.165, 1.54) is 23.5 Å². The largest absolute Gasteiger partial charge is 0.440 e. The number of hydrogen-bond acceptors (Lipinski definition) is 4. The molecule has 2 bridgehead atoms. The van der Waals surface area contributed by atoms with Crippen LogP contribution in [0.1, 0.15) is 40.4 Å². The van der Waals surface area contributed by atoms with Gasteiger partial charge in [0.15, 0.2) is 6.10 Å². The van der Waals surface area contributed by atoms with Crippen LogP contribution in [0, 0.1) is 11.7 Å². The van der Waals surface area contributed by atoms with E-state index in [9.17, 15) is 14.0 Å². The minimum absolute atomic E-state index is 0.132. The van der Waals surface area contributed by atoms with Gasteiger partial charge in [-0.3, -0.25) is 4.79 Å². The van der Waals surface area contributed by atoms with Crippen molar-refractivity contribution in [2.75, 3.05) is 26.2 Å². The molecule has 0 spiro atoms. The van der Waals surface area contributed by atoms with Crippen LogP contribution in [0.25, 0.3) is 0 Å². The van der Waals surface area contributed by atoms with Crippen molar-refractivity contribution < 1.29 is 23.2 Å². The summed E-state index contributed by atoms with van der Waals surface area (Å²) in [4.78, 5) is 25.9. The van der Waals surface area contributed by atoms with Crippen LogP contribution in [-0.4, -0.2) is 48.6 Å². The van der Waals surface area contributed by atoms with Crippen molar-refractivity contribution in [3.63, 3.8) is 0 Å². The third-order valence-electron chi connectivity index (χ3n) is 7.20. The van der Waals surface area contributed by atoms with Crippen LogP contribution in [0.4, 0.5) is 9.18 Å². The molecule has 6 rings (SSSR count). The SMILES string of the molecule is O=C(NC(c1ccsc1)c1cccc(F)c1)O[C@H]1C[N+]2(CC(=O)c3ccccc3)CCC1CC2. The van der Waals surface area contributed by atoms with Gasteiger partial charge in [-0.05, 0) is 40.1 Å². The van der Waals surface area contributed by atoms with E-state index in [-0.39, 0.29) is 17.7 Å². The summed E-state index contributed by atoms with van der Waals surface area (Å²) >= 11 is 1.52. The van der Waals surface area contributed by atoms with Gasteiger partial charge in [-0.25, -0.2) is 9.18 Å². The Morgan fingerprint density at radius 3 is 2.56 bits per heavy atom. The van der Waals surface area contributed by atoms with E-state index in [4.69, 9.17) is 4.74 Å². The quantitative estimate of drug-likeness (QED) is 0.375. The van der Waals surface area contributed by atoms with Crippen LogP contribution in [0.15, 0.2) is 71.4 Å². The number of halogens is 1. The van der Waals surface area contributed by atoms with Crippen LogP contribution in [0.2, 0.25) is 0 Å². The number of carbonyl (C=O) groups excluding carboxylic acids is 2. The Balaban J connectivity index is 1.27. The van der Waals surface area contributed by atoms with Gasteiger partial charge < -0.3 is 14.5 Å². The maximum absolute atomic E-state index is 13.9. The summed E-state index contributed by atoms with van der Waals surface area (Å²) in [5, 5.41) is 6.83. The van der Waals surface area contributed by atoms with Gasteiger partial charge in [-0.2, -0.15) is 11.3 Å². The first-order chi connectivity index (χ1) is 16.5. The Hall–Kier alpha value is -3.03. The average Bonchev–Trinajstić information content (AvgIpc) is 3.38. The lowest BCUT2D eigenvalue weighted by atomic mass is 9.83. The Labute approximate surface area is 202 Å². The normalized spacial score (nSPS) is 24.4. The summed E-state index contributed by atoms with van der Waals surface area (Å²) in [7, 11) is 0. The molecule has 2 atom stereocenters. The molecule has 1 unspecified atom stereocenters. The summed E-state index contributed by atoms with van der Waals surface area (Å²) in [6, 6.07) is 17.1. The third-order valence-corrected chi connectivity index (χ3v) is 7.90. The molecule has 3 aliphatic heterocycles. The molecular formula is C27H28FN2O3S+. The standard InChI is InChI=1S/C27H27FN2O3S/c28-23-8-4-7-21(15-23)26(22-11-14-34-18-22)29-27(32)33-25-17-30(12-9-20(25)10-13-30)16-24(31)19-5-2-1-3-6-19/h1-8,11,14-15,18,20,25-26H,9-10,12-13,16-17H2/p+1/t20?,25-,26?,30?/m0/s1. The Kier molecular flexibility index (Phi) is 6.48. The van der Waals surface area contributed by atoms with E-state index in [1.807, 2.05) is 47.2 Å². The molecule has 34 heavy (non-hydrogen) atoms. The van der Waals surface area contributed by atoms with E-state index >= 15 is 0 Å². The number of fused-ring (bicyclic) bond motifs is 3. The number of rotatable bonds is 7. The summed E-state index contributed by atoms with van der Waals surface area (Å²) in [5.41, 5.74) is 2.28. The maximum atomic E-state index is 13.9. The molecule has 3 saturated heterocycles. The summed E-state index contributed by atoms with van der Waals surface area (Å²) in [6.07, 6.45) is 1.14. The number of alkyl carbamates (subject to hydrolysis) is 1. The Bertz CT molecular complexity index is 1140. The van der Waals surface area contributed by atoms with E-state index in [0.717, 1.165) is 37.1 Å². The predicted octanol–water partition coefficient (Wildman–Crippen LogP) is 5.19. The molecule has 3 fully saturated rings. The van der Waals surface area contributed by atoms with E-state index in [0.29, 0.717) is 29.1 Å². The summed E-state index contributed by atoms with van der Waals surface area (Å²) in [5.74, 6) is 0.0962. The Morgan fingerprint density at radius 2 is 1.85 bits per heavy atom. The number of ether oxygens (including phenoxy) is 1. The van der Waals surface area contributed by atoms with Crippen LogP contribution < -0.4 is 5.32 Å². The van der Waals surface area contributed by atoms with Crippen molar-refractivity contribution in [3.8, 4) is 0 Å². The van der Waals surface area contributed by atoms with Crippen molar-refractivity contribution in [3.05, 3.63) is 93.9 Å². The molecule has 1 N–H and O–H groups in total. The number of amides is 1. The van der Waals surface area contributed by atoms with Gasteiger partial charge in [0.2, 0.25) is 5.78 Å². The molecule has 7 heteroatoms. The first-order valence-electron chi connectivity index (χ1n) is 11.7. The maximum Gasteiger partial charge on any atom is 0.408 e. The van der Waals surface area contributed by atoms with Gasteiger partial charge in [0, 0.05) is 24.3 Å². The zero-order chi connectivity index (χ0) is 23.5. The highest BCUT2D eigenvalue weighted by Gasteiger charge is 2.48. The number of Topliss-reactive ketones (excluding diaryl/α,β-unsaturated/α-hetero) is 1. The number of carbonyl (C=O) groups is 2. The second kappa shape index (κ2) is 9.68. The number of thiophene rings is 1. The van der Waals surface area contributed by atoms with E-state index < -0.39 is 12.1 Å². The monoisotopic (exact) mass is 479 g/mol. The average molecular weight is 480 g/mol. The van der Waals surface area contributed by atoms with Crippen molar-refractivity contribution >= 4 is 23.2 Å². The fourth-order valence-electron chi connectivity index (χ4n) is 5.37. The molecular weight excluding hydrogens is 451 g/mol. The lowest BCUT2D eigenvalue weighted by Crippen LogP contribution is -2.66. The summed E-state index contributed by atoms with van der Waals surface area (Å²) < 4.78 is 20.5. The van der Waals surface area contributed by atoms with Crippen LogP contribution in [0.3, 0.4) is 0 Å². The highest BCUT2D eigenvalue weighted by Crippen LogP contribution is 2.36. The van der Waals surface area contributed by atoms with Gasteiger partial charge in [-0.1, -0.05) is 42.5 Å². The van der Waals surface area contributed by atoms with Gasteiger partial charge in [0.1, 0.15) is 18.9 Å². The van der Waals surface area contributed by atoms with Gasteiger partial charge in [0.05, 0.1) is 19.1 Å². The predicted molar refractivity (Wildman–Crippen MR) is 129 cm³/mol. The Morgan fingerprint density at radius 1 is 1.06 bits per heavy atom. The zero-order valence-corrected chi connectivity index (χ0v) is 19.7. The minimum Gasteiger partial charge on any atom is -0.440 e. The molecule has 0 radical (unpaired) electrons. The number of ketones is 1.